The number of nitrogens with zero attached hydrogens (tertiary/aromatic N) is 3. The summed E-state index contributed by atoms with van der Waals surface area (Å²) in [4.78, 5) is 34.1. The molecule has 0 N–H and O–H groups in total. The predicted octanol–water partition coefficient (Wildman–Crippen LogP) is 3.23. The van der Waals surface area contributed by atoms with Crippen LogP contribution in [0.25, 0.3) is 15.9 Å². The summed E-state index contributed by atoms with van der Waals surface area (Å²) in [6.07, 6.45) is 0.779. The zero-order chi connectivity index (χ0) is 20.5. The Morgan fingerprint density at radius 1 is 1.41 bits per heavy atom. The van der Waals surface area contributed by atoms with Crippen molar-refractivity contribution < 1.29 is 13.9 Å². The summed E-state index contributed by atoms with van der Waals surface area (Å²) < 4.78 is 20.3. The highest BCUT2D eigenvalue weighted by molar-refractivity contribution is 7.99. The fraction of sp³-hybridized carbons (Fsp3) is 0.350. The molecule has 1 aliphatic rings. The van der Waals surface area contributed by atoms with E-state index in [1.165, 1.54) is 28.0 Å². The van der Waals surface area contributed by atoms with Gasteiger partial charge in [-0.15, -0.1) is 11.3 Å². The van der Waals surface area contributed by atoms with Gasteiger partial charge in [-0.1, -0.05) is 17.8 Å². The second-order valence-electron chi connectivity index (χ2n) is 6.78. The molecule has 0 spiro atoms. The van der Waals surface area contributed by atoms with Gasteiger partial charge >= 0.3 is 5.97 Å². The van der Waals surface area contributed by atoms with E-state index in [0.717, 1.165) is 41.7 Å². The van der Waals surface area contributed by atoms with E-state index in [2.05, 4.69) is 4.90 Å². The monoisotopic (exact) mass is 433 g/mol. The van der Waals surface area contributed by atoms with Crippen LogP contribution < -0.4 is 5.56 Å². The van der Waals surface area contributed by atoms with Gasteiger partial charge in [0.2, 0.25) is 0 Å². The summed E-state index contributed by atoms with van der Waals surface area (Å²) in [6, 6.07) is 5.85. The molecule has 29 heavy (non-hydrogen) atoms. The first-order chi connectivity index (χ1) is 14.0. The standard InChI is InChI=1S/C20H20FN3O3S2/c1-3-27-16(25)11-28-20-22-18-17(14-7-8-23(2)10-15(14)29-18)19(26)24(20)13-6-4-5-12(21)9-13/h4-6,9H,3,7-8,10-11H2,1-2H3. The van der Waals surface area contributed by atoms with Crippen LogP contribution in [0.5, 0.6) is 0 Å². The molecule has 0 atom stereocenters. The molecule has 0 unspecified atom stereocenters. The summed E-state index contributed by atoms with van der Waals surface area (Å²) in [7, 11) is 2.05. The lowest BCUT2D eigenvalue weighted by Gasteiger charge is -2.21. The topological polar surface area (TPSA) is 64.4 Å². The Bertz CT molecular complexity index is 1140. The first-order valence-electron chi connectivity index (χ1n) is 9.28. The van der Waals surface area contributed by atoms with Gasteiger partial charge in [0.25, 0.3) is 5.56 Å². The van der Waals surface area contributed by atoms with Crippen molar-refractivity contribution in [2.45, 2.75) is 25.0 Å². The van der Waals surface area contributed by atoms with Crippen LogP contribution in [0.3, 0.4) is 0 Å². The van der Waals surface area contributed by atoms with Crippen molar-refractivity contribution in [1.29, 1.82) is 0 Å². The number of halogens is 1. The van der Waals surface area contributed by atoms with Gasteiger partial charge in [-0.3, -0.25) is 14.2 Å². The maximum atomic E-state index is 13.9. The van der Waals surface area contributed by atoms with Crippen molar-refractivity contribution in [1.82, 2.24) is 14.5 Å². The molecule has 0 aliphatic carbocycles. The van der Waals surface area contributed by atoms with E-state index in [0.29, 0.717) is 21.1 Å². The number of thioether (sulfide) groups is 1. The van der Waals surface area contributed by atoms with E-state index in [1.807, 2.05) is 7.05 Å². The molecule has 0 fully saturated rings. The SMILES string of the molecule is CCOC(=O)CSc1nc2sc3c(c2c(=O)n1-c1cccc(F)c1)CCN(C)C3. The Hall–Kier alpha value is -2.23. The first-order valence-corrected chi connectivity index (χ1v) is 11.1. The molecule has 0 amide bonds. The molecule has 0 bridgehead atoms. The minimum Gasteiger partial charge on any atom is -0.465 e. The maximum Gasteiger partial charge on any atom is 0.316 e. The molecular weight excluding hydrogens is 413 g/mol. The van der Waals surface area contributed by atoms with Gasteiger partial charge in [0.15, 0.2) is 5.16 Å². The quantitative estimate of drug-likeness (QED) is 0.350. The third-order valence-corrected chi connectivity index (χ3v) is 6.75. The highest BCUT2D eigenvalue weighted by Gasteiger charge is 2.25. The first kappa shape index (κ1) is 20.1. The lowest BCUT2D eigenvalue weighted by atomic mass is 10.1. The fourth-order valence-corrected chi connectivity index (χ4v) is 5.57. The van der Waals surface area contributed by atoms with Crippen molar-refractivity contribution >= 4 is 39.3 Å². The van der Waals surface area contributed by atoms with Crippen LogP contribution in [0.1, 0.15) is 17.4 Å². The fourth-order valence-electron chi connectivity index (χ4n) is 3.42. The zero-order valence-corrected chi connectivity index (χ0v) is 17.7. The van der Waals surface area contributed by atoms with Crippen LogP contribution in [0.2, 0.25) is 0 Å². The van der Waals surface area contributed by atoms with Gasteiger partial charge in [-0.25, -0.2) is 9.37 Å². The number of carbonyl (C=O) groups is 1. The molecule has 0 radical (unpaired) electrons. The van der Waals surface area contributed by atoms with Crippen molar-refractivity contribution in [2.75, 3.05) is 26.0 Å². The molecule has 1 aromatic carbocycles. The van der Waals surface area contributed by atoms with Gasteiger partial charge in [0, 0.05) is 18.0 Å². The van der Waals surface area contributed by atoms with Crippen molar-refractivity contribution in [3.63, 3.8) is 0 Å². The van der Waals surface area contributed by atoms with Crippen LogP contribution >= 0.6 is 23.1 Å². The Morgan fingerprint density at radius 2 is 2.24 bits per heavy atom. The van der Waals surface area contributed by atoms with E-state index in [4.69, 9.17) is 9.72 Å². The minimum absolute atomic E-state index is 0.0227. The average Bonchev–Trinajstić information content (AvgIpc) is 3.04. The normalized spacial score (nSPS) is 14.2. The number of rotatable bonds is 5. The number of benzene rings is 1. The van der Waals surface area contributed by atoms with Gasteiger partial charge in [0.05, 0.1) is 23.4 Å². The second-order valence-corrected chi connectivity index (χ2v) is 8.81. The van der Waals surface area contributed by atoms with Gasteiger partial charge in [-0.2, -0.15) is 0 Å². The average molecular weight is 434 g/mol. The number of aromatic nitrogens is 2. The number of carbonyl (C=O) groups excluding carboxylic acids is 1. The van der Waals surface area contributed by atoms with Crippen LogP contribution in [0.15, 0.2) is 34.2 Å². The zero-order valence-electron chi connectivity index (χ0n) is 16.1. The number of esters is 1. The molecule has 1 aliphatic heterocycles. The molecule has 0 saturated carbocycles. The van der Waals surface area contributed by atoms with E-state index >= 15 is 0 Å². The smallest absolute Gasteiger partial charge is 0.316 e. The lowest BCUT2D eigenvalue weighted by molar-refractivity contribution is -0.139. The molecule has 9 heteroatoms. The predicted molar refractivity (Wildman–Crippen MR) is 113 cm³/mol. The molecular formula is C20H20FN3O3S2. The van der Waals surface area contributed by atoms with Crippen molar-refractivity contribution in [2.24, 2.45) is 0 Å². The Balaban J connectivity index is 1.88. The summed E-state index contributed by atoms with van der Waals surface area (Å²) in [5.41, 5.74) is 1.20. The van der Waals surface area contributed by atoms with Crippen molar-refractivity contribution in [3.8, 4) is 5.69 Å². The summed E-state index contributed by atoms with van der Waals surface area (Å²) >= 11 is 2.64. The largest absolute Gasteiger partial charge is 0.465 e. The molecule has 152 valence electrons. The summed E-state index contributed by atoms with van der Waals surface area (Å²) in [5, 5.41) is 0.955. The van der Waals surface area contributed by atoms with E-state index in [-0.39, 0.29) is 23.9 Å². The summed E-state index contributed by atoms with van der Waals surface area (Å²) in [6.45, 7) is 3.68. The Labute approximate surface area is 175 Å². The number of fused-ring (bicyclic) bond motifs is 3. The van der Waals surface area contributed by atoms with E-state index < -0.39 is 5.82 Å². The van der Waals surface area contributed by atoms with Gasteiger partial charge in [0.1, 0.15) is 10.6 Å². The number of hydrogen-bond acceptors (Lipinski definition) is 7. The molecule has 3 heterocycles. The van der Waals surface area contributed by atoms with E-state index in [1.54, 1.807) is 19.1 Å². The number of likely N-dealkylation sites (N-methyl/N-ethyl adjacent to an activating group) is 1. The van der Waals surface area contributed by atoms with Gasteiger partial charge in [-0.05, 0) is 44.2 Å². The number of ether oxygens (including phenoxy) is 1. The number of hydrogen-bond donors (Lipinski definition) is 0. The molecule has 0 saturated heterocycles. The lowest BCUT2D eigenvalue weighted by Crippen LogP contribution is -2.27. The Kier molecular flexibility index (Phi) is 5.71. The highest BCUT2D eigenvalue weighted by Crippen LogP contribution is 2.34. The number of thiophene rings is 1. The van der Waals surface area contributed by atoms with Crippen molar-refractivity contribution in [3.05, 3.63) is 50.9 Å². The molecule has 6 nitrogen and oxygen atoms in total. The minimum atomic E-state index is -0.440. The van der Waals surface area contributed by atoms with E-state index in [9.17, 15) is 14.0 Å². The second kappa shape index (κ2) is 8.25. The summed E-state index contributed by atoms with van der Waals surface area (Å²) in [5.74, 6) is -0.802. The Morgan fingerprint density at radius 3 is 3.00 bits per heavy atom. The van der Waals surface area contributed by atoms with Crippen LogP contribution in [-0.2, 0) is 22.5 Å². The van der Waals surface area contributed by atoms with Crippen LogP contribution in [0.4, 0.5) is 4.39 Å². The maximum absolute atomic E-state index is 13.9. The molecule has 3 aromatic rings. The third-order valence-electron chi connectivity index (χ3n) is 4.73. The van der Waals surface area contributed by atoms with Crippen LogP contribution in [-0.4, -0.2) is 46.4 Å². The highest BCUT2D eigenvalue weighted by atomic mass is 32.2. The van der Waals surface area contributed by atoms with Gasteiger partial charge < -0.3 is 9.64 Å². The third kappa shape index (κ3) is 3.94. The molecule has 2 aromatic heterocycles. The van der Waals surface area contributed by atoms with Crippen LogP contribution in [0, 0.1) is 5.82 Å². The molecule has 4 rings (SSSR count).